The summed E-state index contributed by atoms with van der Waals surface area (Å²) in [4.78, 5) is 43.5. The number of hydrogen-bond acceptors (Lipinski definition) is 4. The van der Waals surface area contributed by atoms with Crippen molar-refractivity contribution in [3.8, 4) is 0 Å². The summed E-state index contributed by atoms with van der Waals surface area (Å²) in [6.07, 6.45) is 3.08. The topological polar surface area (TPSA) is 129 Å². The highest BCUT2D eigenvalue weighted by Crippen LogP contribution is 2.26. The molecule has 8 heteroatoms. The zero-order valence-corrected chi connectivity index (χ0v) is 20.0. The summed E-state index contributed by atoms with van der Waals surface area (Å²) >= 11 is 0. The summed E-state index contributed by atoms with van der Waals surface area (Å²) in [6, 6.07) is 12.8. The first-order chi connectivity index (χ1) is 16.8. The molecule has 0 radical (unpaired) electrons. The molecule has 3 aromatic rings. The number of carbonyl (C=O) groups excluding carboxylic acids is 2. The van der Waals surface area contributed by atoms with E-state index in [0.29, 0.717) is 19.3 Å². The van der Waals surface area contributed by atoms with Crippen LogP contribution in [0.2, 0.25) is 0 Å². The molecule has 35 heavy (non-hydrogen) atoms. The van der Waals surface area contributed by atoms with Crippen LogP contribution in [0, 0.1) is 5.92 Å². The fraction of sp³-hybridized carbons (Fsp3) is 0.370. The van der Waals surface area contributed by atoms with Gasteiger partial charge in [-0.1, -0.05) is 62.7 Å². The summed E-state index contributed by atoms with van der Waals surface area (Å²) in [5, 5.41) is 13.3. The number of para-hydroxylation sites is 1. The van der Waals surface area contributed by atoms with E-state index >= 15 is 0 Å². The van der Waals surface area contributed by atoms with E-state index in [0.717, 1.165) is 27.6 Å². The van der Waals surface area contributed by atoms with Gasteiger partial charge in [-0.25, -0.2) is 4.79 Å². The number of aliphatic carboxylic acids is 1. The van der Waals surface area contributed by atoms with Crippen molar-refractivity contribution in [1.82, 2.24) is 15.2 Å². The zero-order chi connectivity index (χ0) is 25.1. The van der Waals surface area contributed by atoms with Crippen molar-refractivity contribution in [2.75, 3.05) is 0 Å². The Morgan fingerprint density at radius 2 is 1.83 bits per heavy atom. The van der Waals surface area contributed by atoms with E-state index in [1.165, 1.54) is 4.90 Å². The standard InChI is InChI=1S/C27H32N4O4/c1-3-16(2)24(27(34)35)30-25(32)23-13-17-8-4-5-9-18(17)15-31(23)26(33)21(28)12-19-14-29-22-11-7-6-10-20(19)22/h4-11,14,16,21,23-24,29H,3,12-13,15,28H2,1-2H3,(H,30,32)(H,34,35)/t16-,21+,23+,24+/m1/s1. The molecule has 4 rings (SSSR count). The molecule has 184 valence electrons. The van der Waals surface area contributed by atoms with Gasteiger partial charge in [0.15, 0.2) is 0 Å². The van der Waals surface area contributed by atoms with Gasteiger partial charge in [0.1, 0.15) is 12.1 Å². The molecule has 0 saturated heterocycles. The van der Waals surface area contributed by atoms with Crippen LogP contribution in [0.3, 0.4) is 0 Å². The van der Waals surface area contributed by atoms with Gasteiger partial charge in [-0.15, -0.1) is 0 Å². The van der Waals surface area contributed by atoms with E-state index in [4.69, 9.17) is 5.73 Å². The lowest BCUT2D eigenvalue weighted by atomic mass is 9.91. The van der Waals surface area contributed by atoms with Crippen LogP contribution < -0.4 is 11.1 Å². The molecule has 5 N–H and O–H groups in total. The molecule has 0 unspecified atom stereocenters. The molecule has 1 aromatic heterocycles. The van der Waals surface area contributed by atoms with Crippen molar-refractivity contribution >= 4 is 28.7 Å². The predicted octanol–water partition coefficient (Wildman–Crippen LogP) is 2.61. The van der Waals surface area contributed by atoms with E-state index in [1.807, 2.05) is 61.7 Å². The SMILES string of the molecule is CC[C@@H](C)[C@H](NC(=O)[C@@H]1Cc2ccccc2CN1C(=O)[C@@H](N)Cc1c[nH]c2ccccc12)C(=O)O. The maximum absolute atomic E-state index is 13.6. The molecule has 0 spiro atoms. The van der Waals surface area contributed by atoms with Gasteiger partial charge < -0.3 is 26.0 Å². The second-order valence-electron chi connectivity index (χ2n) is 9.33. The number of carboxylic acids is 1. The Hall–Kier alpha value is -3.65. The number of H-pyrrole nitrogens is 1. The number of nitrogens with zero attached hydrogens (tertiary/aromatic N) is 1. The van der Waals surface area contributed by atoms with Crippen LogP contribution in [0.1, 0.15) is 37.0 Å². The van der Waals surface area contributed by atoms with Gasteiger partial charge in [0.25, 0.3) is 0 Å². The van der Waals surface area contributed by atoms with Gasteiger partial charge in [0, 0.05) is 30.1 Å². The lowest BCUT2D eigenvalue weighted by Gasteiger charge is -2.38. The summed E-state index contributed by atoms with van der Waals surface area (Å²) in [6.45, 7) is 3.91. The first-order valence-corrected chi connectivity index (χ1v) is 12.0. The van der Waals surface area contributed by atoms with Gasteiger partial charge in [-0.3, -0.25) is 9.59 Å². The third-order valence-corrected chi connectivity index (χ3v) is 7.04. The van der Waals surface area contributed by atoms with Crippen molar-refractivity contribution in [1.29, 1.82) is 0 Å². The monoisotopic (exact) mass is 476 g/mol. The fourth-order valence-corrected chi connectivity index (χ4v) is 4.76. The number of aromatic nitrogens is 1. The molecule has 0 bridgehead atoms. The third-order valence-electron chi connectivity index (χ3n) is 7.04. The molecule has 2 amide bonds. The molecule has 2 heterocycles. The third kappa shape index (κ3) is 5.07. The summed E-state index contributed by atoms with van der Waals surface area (Å²) in [5.41, 5.74) is 10.2. The molecular weight excluding hydrogens is 444 g/mol. The highest BCUT2D eigenvalue weighted by Gasteiger charge is 2.38. The molecule has 8 nitrogen and oxygen atoms in total. The average molecular weight is 477 g/mol. The van der Waals surface area contributed by atoms with Gasteiger partial charge in [0.2, 0.25) is 11.8 Å². The zero-order valence-electron chi connectivity index (χ0n) is 20.0. The quantitative estimate of drug-likeness (QED) is 0.397. The lowest BCUT2D eigenvalue weighted by molar-refractivity contribution is -0.147. The number of rotatable bonds is 8. The van der Waals surface area contributed by atoms with Crippen molar-refractivity contribution in [3.05, 3.63) is 71.4 Å². The van der Waals surface area contributed by atoms with E-state index in [1.54, 1.807) is 6.92 Å². The number of carbonyl (C=O) groups is 3. The van der Waals surface area contributed by atoms with Gasteiger partial charge in [-0.05, 0) is 35.1 Å². The number of fused-ring (bicyclic) bond motifs is 2. The predicted molar refractivity (Wildman–Crippen MR) is 133 cm³/mol. The van der Waals surface area contributed by atoms with Crippen molar-refractivity contribution in [2.45, 2.75) is 57.8 Å². The Morgan fingerprint density at radius 3 is 2.54 bits per heavy atom. The summed E-state index contributed by atoms with van der Waals surface area (Å²) in [7, 11) is 0. The normalized spacial score (nSPS) is 17.9. The van der Waals surface area contributed by atoms with E-state index in [-0.39, 0.29) is 18.4 Å². The lowest BCUT2D eigenvalue weighted by Crippen LogP contribution is -2.59. The van der Waals surface area contributed by atoms with E-state index in [9.17, 15) is 19.5 Å². The van der Waals surface area contributed by atoms with Gasteiger partial charge in [0.05, 0.1) is 6.04 Å². The fourth-order valence-electron chi connectivity index (χ4n) is 4.76. The second-order valence-corrected chi connectivity index (χ2v) is 9.33. The highest BCUT2D eigenvalue weighted by atomic mass is 16.4. The molecule has 0 fully saturated rings. The molecule has 2 aromatic carbocycles. The summed E-state index contributed by atoms with van der Waals surface area (Å²) in [5.74, 6) is -2.14. The molecule has 4 atom stereocenters. The number of aromatic amines is 1. The average Bonchev–Trinajstić information content (AvgIpc) is 3.27. The minimum atomic E-state index is -1.09. The van der Waals surface area contributed by atoms with Crippen molar-refractivity contribution in [3.63, 3.8) is 0 Å². The maximum atomic E-state index is 13.6. The maximum Gasteiger partial charge on any atom is 0.326 e. The van der Waals surface area contributed by atoms with Crippen LogP contribution in [-0.4, -0.2) is 50.9 Å². The van der Waals surface area contributed by atoms with E-state index < -0.39 is 30.0 Å². The molecule has 0 saturated carbocycles. The Balaban J connectivity index is 1.58. The molecule has 1 aliphatic heterocycles. The van der Waals surface area contributed by atoms with Crippen molar-refractivity contribution in [2.24, 2.45) is 11.7 Å². The number of nitrogens with two attached hydrogens (primary N) is 1. The number of benzene rings is 2. The highest BCUT2D eigenvalue weighted by molar-refractivity contribution is 5.93. The van der Waals surface area contributed by atoms with Crippen LogP contribution in [0.15, 0.2) is 54.7 Å². The Bertz CT molecular complexity index is 1240. The number of nitrogens with one attached hydrogen (secondary N) is 2. The number of carboxylic acid groups (broad SMARTS) is 1. The van der Waals surface area contributed by atoms with Crippen molar-refractivity contribution < 1.29 is 19.5 Å². The molecule has 0 aliphatic carbocycles. The first kappa shape index (κ1) is 24.5. The van der Waals surface area contributed by atoms with E-state index in [2.05, 4.69) is 10.3 Å². The Kier molecular flexibility index (Phi) is 7.21. The minimum Gasteiger partial charge on any atom is -0.480 e. The second kappa shape index (κ2) is 10.3. The molecule has 1 aliphatic rings. The van der Waals surface area contributed by atoms with Crippen LogP contribution in [0.4, 0.5) is 0 Å². The smallest absolute Gasteiger partial charge is 0.326 e. The number of hydrogen-bond donors (Lipinski definition) is 4. The summed E-state index contributed by atoms with van der Waals surface area (Å²) < 4.78 is 0. The van der Waals surface area contributed by atoms with Gasteiger partial charge >= 0.3 is 5.97 Å². The minimum absolute atomic E-state index is 0.246. The number of amides is 2. The largest absolute Gasteiger partial charge is 0.480 e. The Morgan fingerprint density at radius 1 is 1.14 bits per heavy atom. The van der Waals surface area contributed by atoms with Crippen LogP contribution in [0.25, 0.3) is 10.9 Å². The molecular formula is C27H32N4O4. The van der Waals surface area contributed by atoms with Crippen LogP contribution in [-0.2, 0) is 33.8 Å². The first-order valence-electron chi connectivity index (χ1n) is 12.0. The van der Waals surface area contributed by atoms with Gasteiger partial charge in [-0.2, -0.15) is 0 Å². The van der Waals surface area contributed by atoms with Crippen LogP contribution in [0.5, 0.6) is 0 Å². The Labute approximate surface area is 204 Å². The van der Waals surface area contributed by atoms with Crippen LogP contribution >= 0.6 is 0 Å².